The first-order valence-electron chi connectivity index (χ1n) is 3.01. The van der Waals surface area contributed by atoms with Gasteiger partial charge in [0, 0.05) is 5.69 Å². The smallest absolute Gasteiger partial charge is 0.176 e. The minimum absolute atomic E-state index is 0.129. The van der Waals surface area contributed by atoms with Gasteiger partial charge in [-0.05, 0) is 12.1 Å². The van der Waals surface area contributed by atoms with Gasteiger partial charge in [-0.15, -0.1) is 0 Å². The lowest BCUT2D eigenvalue weighted by Gasteiger charge is -1.98. The fraction of sp³-hybridized carbons (Fsp3) is 0.143. The van der Waals surface area contributed by atoms with Crippen molar-refractivity contribution in [3.63, 3.8) is 0 Å². The molecular weight excluding hydrogens is 145 g/mol. The highest BCUT2D eigenvalue weighted by molar-refractivity contribution is 7.23. The van der Waals surface area contributed by atoms with Crippen LogP contribution < -0.4 is 5.32 Å². The largest absolute Gasteiger partial charge is 0.374 e. The van der Waals surface area contributed by atoms with E-state index in [-0.39, 0.29) is 8.46 Å². The zero-order valence-electron chi connectivity index (χ0n) is 5.45. The Morgan fingerprint density at radius 2 is 2.00 bits per heavy atom. The van der Waals surface area contributed by atoms with Gasteiger partial charge in [0.1, 0.15) is 0 Å². The molecule has 1 aromatic carbocycles. The molecule has 0 aliphatic carbocycles. The van der Waals surface area contributed by atoms with E-state index in [2.05, 4.69) is 5.32 Å². The number of benzene rings is 1. The molecule has 0 aromatic heterocycles. The summed E-state index contributed by atoms with van der Waals surface area (Å²) in [6.07, 6.45) is 0.476. The summed E-state index contributed by atoms with van der Waals surface area (Å²) >= 11 is 0. The number of hydrogen-bond donors (Lipinski definition) is 1. The van der Waals surface area contributed by atoms with Crippen LogP contribution in [0.5, 0.6) is 0 Å². The molecule has 1 rings (SSSR count). The van der Waals surface area contributed by atoms with Crippen molar-refractivity contribution in [3.05, 3.63) is 30.3 Å². The monoisotopic (exact) mass is 153 g/mol. The Hall–Kier alpha value is -0.880. The molecule has 1 N–H and O–H groups in total. The van der Waals surface area contributed by atoms with Crippen LogP contribution in [-0.4, -0.2) is 6.29 Å². The molecule has 0 atom stereocenters. The lowest BCUT2D eigenvalue weighted by Crippen LogP contribution is -1.92. The zero-order chi connectivity index (χ0) is 7.23. The summed E-state index contributed by atoms with van der Waals surface area (Å²) in [7, 11) is 0.129. The summed E-state index contributed by atoms with van der Waals surface area (Å²) in [6.45, 7) is 0. The first-order valence-corrected chi connectivity index (χ1v) is 4.01. The molecule has 0 spiro atoms. The third kappa shape index (κ3) is 2.16. The van der Waals surface area contributed by atoms with Crippen LogP contribution in [0.3, 0.4) is 0 Å². The van der Waals surface area contributed by atoms with Gasteiger partial charge in [0.05, 0.1) is 6.29 Å². The number of para-hydroxylation sites is 1. The average Bonchev–Trinajstić information content (AvgIpc) is 2.03. The predicted molar refractivity (Wildman–Crippen MR) is 42.5 cm³/mol. The lowest BCUT2D eigenvalue weighted by molar-refractivity contribution is 0.599. The van der Waals surface area contributed by atoms with E-state index in [1.165, 1.54) is 0 Å². The van der Waals surface area contributed by atoms with Crippen molar-refractivity contribution in [2.45, 2.75) is 0 Å². The van der Waals surface area contributed by atoms with E-state index >= 15 is 0 Å². The van der Waals surface area contributed by atoms with Crippen molar-refractivity contribution in [1.82, 2.24) is 0 Å². The maximum atomic E-state index is 10.0. The van der Waals surface area contributed by atoms with Gasteiger partial charge < -0.3 is 5.32 Å². The van der Waals surface area contributed by atoms with E-state index in [1.807, 2.05) is 30.3 Å². The summed E-state index contributed by atoms with van der Waals surface area (Å²) in [5.41, 5.74) is 1.01. The van der Waals surface area contributed by atoms with E-state index in [0.717, 1.165) is 5.69 Å². The number of nitrogens with one attached hydrogen (secondary N) is 1. The van der Waals surface area contributed by atoms with Gasteiger partial charge in [-0.25, -0.2) is 0 Å². The molecule has 2 nitrogen and oxygen atoms in total. The minimum Gasteiger partial charge on any atom is -0.374 e. The number of hydrogen-bond acceptors (Lipinski definition) is 2. The molecule has 0 heterocycles. The van der Waals surface area contributed by atoms with E-state index in [0.29, 0.717) is 6.29 Å². The fourth-order valence-corrected chi connectivity index (χ4v) is 0.927. The molecule has 0 saturated heterocycles. The summed E-state index contributed by atoms with van der Waals surface area (Å²) in [4.78, 5) is 0. The molecule has 10 heavy (non-hydrogen) atoms. The normalized spacial score (nSPS) is 9.60. The first kappa shape index (κ1) is 7.23. The Labute approximate surface area is 61.5 Å². The Bertz CT molecular complexity index is 200. The van der Waals surface area contributed by atoms with Crippen molar-refractivity contribution in [2.24, 2.45) is 0 Å². The van der Waals surface area contributed by atoms with Gasteiger partial charge in [-0.1, -0.05) is 18.2 Å². The molecule has 0 radical (unpaired) electrons. The molecule has 3 heteroatoms. The van der Waals surface area contributed by atoms with Gasteiger partial charge in [-0.2, -0.15) is 0 Å². The Morgan fingerprint density at radius 1 is 1.30 bits per heavy atom. The van der Waals surface area contributed by atoms with Crippen molar-refractivity contribution >= 4 is 14.1 Å². The molecule has 0 fully saturated rings. The van der Waals surface area contributed by atoms with Crippen LogP contribution in [0, 0.1) is 0 Å². The molecule has 0 unspecified atom stereocenters. The quantitative estimate of drug-likeness (QED) is 0.675. The second-order valence-corrected chi connectivity index (χ2v) is 2.40. The van der Waals surface area contributed by atoms with Crippen LogP contribution in [0.4, 0.5) is 5.69 Å². The summed E-state index contributed by atoms with van der Waals surface area (Å²) in [5.74, 6) is 0. The van der Waals surface area contributed by atoms with Crippen molar-refractivity contribution in [3.8, 4) is 0 Å². The van der Waals surface area contributed by atoms with E-state index in [1.54, 1.807) is 0 Å². The predicted octanol–water partition coefficient (Wildman–Crippen LogP) is 2.35. The molecule has 0 amide bonds. The molecule has 0 bridgehead atoms. The highest BCUT2D eigenvalue weighted by atomic mass is 31.1. The summed E-state index contributed by atoms with van der Waals surface area (Å²) in [5, 5.41) is 2.97. The highest BCUT2D eigenvalue weighted by Gasteiger charge is 1.85. The highest BCUT2D eigenvalue weighted by Crippen LogP contribution is 2.05. The topological polar surface area (TPSA) is 29.1 Å². The zero-order valence-corrected chi connectivity index (χ0v) is 6.34. The maximum Gasteiger partial charge on any atom is 0.176 e. The maximum absolute atomic E-state index is 10.0. The molecular formula is C7H8NOP. The molecule has 1 aromatic rings. The minimum atomic E-state index is 0.129. The third-order valence-electron chi connectivity index (χ3n) is 1.12. The van der Waals surface area contributed by atoms with Crippen LogP contribution in [-0.2, 0) is 4.57 Å². The van der Waals surface area contributed by atoms with Crippen molar-refractivity contribution in [1.29, 1.82) is 0 Å². The summed E-state index contributed by atoms with van der Waals surface area (Å²) < 4.78 is 10.0. The SMILES string of the molecule is O=PCNc1ccccc1. The number of rotatable bonds is 3. The van der Waals surface area contributed by atoms with Gasteiger partial charge in [0.25, 0.3) is 0 Å². The summed E-state index contributed by atoms with van der Waals surface area (Å²) in [6, 6.07) is 9.69. The van der Waals surface area contributed by atoms with Gasteiger partial charge >= 0.3 is 0 Å². The average molecular weight is 153 g/mol. The standard InChI is InChI=1S/C7H8NOP/c9-10-6-8-7-4-2-1-3-5-7/h1-5,8H,6H2. The second kappa shape index (κ2) is 4.02. The third-order valence-corrected chi connectivity index (χ3v) is 1.41. The molecule has 0 aliphatic heterocycles. The van der Waals surface area contributed by atoms with Crippen LogP contribution in [0.15, 0.2) is 30.3 Å². The van der Waals surface area contributed by atoms with Gasteiger partial charge in [0.15, 0.2) is 8.46 Å². The van der Waals surface area contributed by atoms with E-state index in [9.17, 15) is 4.57 Å². The Kier molecular flexibility index (Phi) is 2.91. The second-order valence-electron chi connectivity index (χ2n) is 1.83. The van der Waals surface area contributed by atoms with Gasteiger partial charge in [0.2, 0.25) is 0 Å². The Balaban J connectivity index is 2.50. The number of anilines is 1. The Morgan fingerprint density at radius 3 is 2.60 bits per heavy atom. The fourth-order valence-electron chi connectivity index (χ4n) is 0.680. The van der Waals surface area contributed by atoms with Crippen LogP contribution >= 0.6 is 8.46 Å². The van der Waals surface area contributed by atoms with E-state index in [4.69, 9.17) is 0 Å². The van der Waals surface area contributed by atoms with Crippen LogP contribution in [0.25, 0.3) is 0 Å². The van der Waals surface area contributed by atoms with Crippen molar-refractivity contribution in [2.75, 3.05) is 11.6 Å². The van der Waals surface area contributed by atoms with Crippen LogP contribution in [0.2, 0.25) is 0 Å². The molecule has 0 aliphatic rings. The molecule has 0 saturated carbocycles. The van der Waals surface area contributed by atoms with E-state index < -0.39 is 0 Å². The van der Waals surface area contributed by atoms with Gasteiger partial charge in [-0.3, -0.25) is 4.57 Å². The van der Waals surface area contributed by atoms with Crippen LogP contribution in [0.1, 0.15) is 0 Å². The lowest BCUT2D eigenvalue weighted by atomic mass is 10.3. The molecule has 52 valence electrons. The first-order chi connectivity index (χ1) is 4.93. The van der Waals surface area contributed by atoms with Crippen molar-refractivity contribution < 1.29 is 4.57 Å².